The summed E-state index contributed by atoms with van der Waals surface area (Å²) in [4.78, 5) is 0. The molecule has 2 nitrogen and oxygen atoms in total. The summed E-state index contributed by atoms with van der Waals surface area (Å²) in [7, 11) is 1.91. The van der Waals surface area contributed by atoms with E-state index in [1.807, 2.05) is 14.0 Å². The molecule has 0 heterocycles. The molecule has 0 aliphatic carbocycles. The molecule has 23 heavy (non-hydrogen) atoms. The van der Waals surface area contributed by atoms with Gasteiger partial charge in [-0.25, -0.2) is 5.21 Å². The van der Waals surface area contributed by atoms with E-state index in [2.05, 4.69) is 6.92 Å². The molecule has 0 saturated heterocycles. The van der Waals surface area contributed by atoms with Gasteiger partial charge in [-0.15, -0.1) is 0 Å². The monoisotopic (exact) mass is 328 g/mol. The molecule has 2 heteroatoms. The Morgan fingerprint density at radius 3 is 1.13 bits per heavy atom. The van der Waals surface area contributed by atoms with Gasteiger partial charge in [0.25, 0.3) is 0 Å². The lowest BCUT2D eigenvalue weighted by atomic mass is 10.0. The summed E-state index contributed by atoms with van der Waals surface area (Å²) in [5.41, 5.74) is 0. The van der Waals surface area contributed by atoms with E-state index in [1.54, 1.807) is 0 Å². The maximum absolute atomic E-state index is 9.88. The van der Waals surface area contributed by atoms with Crippen molar-refractivity contribution in [3.8, 4) is 0 Å². The molecule has 140 valence electrons. The van der Waals surface area contributed by atoms with Crippen LogP contribution < -0.4 is 0 Å². The first-order valence-corrected chi connectivity index (χ1v) is 10.7. The lowest BCUT2D eigenvalue weighted by Gasteiger charge is -2.23. The van der Waals surface area contributed by atoms with Crippen molar-refractivity contribution in [1.82, 2.24) is 0 Å². The molecular weight excluding hydrogens is 282 g/mol. The first-order chi connectivity index (χ1) is 11.1. The molecule has 0 saturated carbocycles. The fourth-order valence-electron chi connectivity index (χ4n) is 3.16. The molecule has 0 fully saturated rings. The van der Waals surface area contributed by atoms with Crippen molar-refractivity contribution in [2.24, 2.45) is 0 Å². The molecule has 0 radical (unpaired) electrons. The van der Waals surface area contributed by atoms with Gasteiger partial charge in [-0.05, 0) is 19.8 Å². The predicted molar refractivity (Wildman–Crippen MR) is 103 cm³/mol. The topological polar surface area (TPSA) is 20.2 Å². The number of unbranched alkanes of at least 4 members (excludes halogenated alkanes) is 15. The molecule has 0 aliphatic heterocycles. The van der Waals surface area contributed by atoms with Crippen LogP contribution >= 0.6 is 0 Å². The minimum atomic E-state index is 0.193. The predicted octanol–water partition coefficient (Wildman–Crippen LogP) is 7.10. The number of hydroxylamine groups is 3. The minimum Gasteiger partial charge on any atom is -0.217 e. The molecule has 0 aromatic rings. The van der Waals surface area contributed by atoms with Gasteiger partial charge in [-0.3, -0.25) is 0 Å². The van der Waals surface area contributed by atoms with E-state index in [-0.39, 0.29) is 4.65 Å². The van der Waals surface area contributed by atoms with Crippen molar-refractivity contribution in [3.63, 3.8) is 0 Å². The second kappa shape index (κ2) is 16.8. The van der Waals surface area contributed by atoms with Crippen molar-refractivity contribution in [1.29, 1.82) is 0 Å². The number of rotatable bonds is 18. The van der Waals surface area contributed by atoms with E-state index in [9.17, 15) is 5.21 Å². The van der Waals surface area contributed by atoms with Crippen LogP contribution in [0.1, 0.15) is 117 Å². The van der Waals surface area contributed by atoms with Crippen LogP contribution in [0.15, 0.2) is 0 Å². The highest BCUT2D eigenvalue weighted by Crippen LogP contribution is 2.14. The fraction of sp³-hybridized carbons (Fsp3) is 1.00. The molecule has 0 spiro atoms. The largest absolute Gasteiger partial charge is 0.217 e. The second-order valence-electron chi connectivity index (χ2n) is 7.68. The normalized spacial score (nSPS) is 14.1. The summed E-state index contributed by atoms with van der Waals surface area (Å²) in [6, 6.07) is 0. The molecule has 0 aromatic carbocycles. The average molecular weight is 329 g/mol. The molecule has 0 rings (SSSR count). The Labute approximate surface area is 147 Å². The Balaban J connectivity index is 3.05. The third-order valence-corrected chi connectivity index (χ3v) is 5.17. The smallest absolute Gasteiger partial charge is 0.108 e. The lowest BCUT2D eigenvalue weighted by Crippen LogP contribution is -2.40. The molecular formula is C21H46NO+. The van der Waals surface area contributed by atoms with Gasteiger partial charge in [0, 0.05) is 0 Å². The van der Waals surface area contributed by atoms with Gasteiger partial charge in [0.1, 0.15) is 13.1 Å². The third kappa shape index (κ3) is 18.1. The first-order valence-electron chi connectivity index (χ1n) is 10.7. The van der Waals surface area contributed by atoms with Crippen LogP contribution in [-0.4, -0.2) is 30.0 Å². The summed E-state index contributed by atoms with van der Waals surface area (Å²) in [6.07, 6.45) is 22.5. The maximum Gasteiger partial charge on any atom is 0.108 e. The van der Waals surface area contributed by atoms with E-state index in [0.29, 0.717) is 0 Å². The molecule has 0 aromatic heterocycles. The van der Waals surface area contributed by atoms with E-state index >= 15 is 0 Å². The van der Waals surface area contributed by atoms with Gasteiger partial charge in [-0.1, -0.05) is 96.8 Å². The SMILES string of the molecule is CCCCCCCCCCCCCCCCCC[N+](C)(O)CC. The van der Waals surface area contributed by atoms with Crippen LogP contribution in [0.4, 0.5) is 0 Å². The van der Waals surface area contributed by atoms with E-state index < -0.39 is 0 Å². The zero-order chi connectivity index (χ0) is 17.2. The molecule has 1 atom stereocenters. The standard InChI is InChI=1S/C21H46NO/c1-4-6-7-8-9-10-11-12-13-14-15-16-17-18-19-20-21-22(3,23)5-2/h23H,4-21H2,1-3H3/q+1. The number of quaternary nitrogens is 1. The van der Waals surface area contributed by atoms with E-state index in [1.165, 1.54) is 103 Å². The zero-order valence-electron chi connectivity index (χ0n) is 16.6. The van der Waals surface area contributed by atoms with Crippen LogP contribution in [0, 0.1) is 0 Å². The van der Waals surface area contributed by atoms with Gasteiger partial charge in [0.2, 0.25) is 0 Å². The van der Waals surface area contributed by atoms with Gasteiger partial charge < -0.3 is 0 Å². The minimum absolute atomic E-state index is 0.193. The first kappa shape index (κ1) is 22.9. The number of hydrogen-bond acceptors (Lipinski definition) is 1. The van der Waals surface area contributed by atoms with Crippen LogP contribution in [0.5, 0.6) is 0 Å². The molecule has 1 unspecified atom stereocenters. The highest BCUT2D eigenvalue weighted by molar-refractivity contribution is 4.49. The van der Waals surface area contributed by atoms with E-state index in [0.717, 1.165) is 13.1 Å². The highest BCUT2D eigenvalue weighted by atomic mass is 16.5. The molecule has 0 bridgehead atoms. The molecule has 0 aliphatic rings. The second-order valence-corrected chi connectivity index (χ2v) is 7.68. The highest BCUT2D eigenvalue weighted by Gasteiger charge is 2.13. The van der Waals surface area contributed by atoms with E-state index in [4.69, 9.17) is 0 Å². The lowest BCUT2D eigenvalue weighted by molar-refractivity contribution is -1.09. The van der Waals surface area contributed by atoms with Crippen LogP contribution in [0.2, 0.25) is 0 Å². The summed E-state index contributed by atoms with van der Waals surface area (Å²) in [5, 5.41) is 9.88. The number of hydrogen-bond donors (Lipinski definition) is 1. The summed E-state index contributed by atoms with van der Waals surface area (Å²) in [5.74, 6) is 0. The summed E-state index contributed by atoms with van der Waals surface area (Å²) < 4.78 is 0.193. The summed E-state index contributed by atoms with van der Waals surface area (Å²) in [6.45, 7) is 6.07. The van der Waals surface area contributed by atoms with Crippen molar-refractivity contribution in [3.05, 3.63) is 0 Å². The van der Waals surface area contributed by atoms with Crippen LogP contribution in [0.25, 0.3) is 0 Å². The van der Waals surface area contributed by atoms with Gasteiger partial charge in [-0.2, -0.15) is 4.65 Å². The quantitative estimate of drug-likeness (QED) is 0.161. The number of nitrogens with zero attached hydrogens (tertiary/aromatic N) is 1. The molecule has 0 amide bonds. The Kier molecular flexibility index (Phi) is 16.7. The van der Waals surface area contributed by atoms with Crippen LogP contribution in [0.3, 0.4) is 0 Å². The Morgan fingerprint density at radius 1 is 0.522 bits per heavy atom. The van der Waals surface area contributed by atoms with Crippen molar-refractivity contribution in [2.75, 3.05) is 20.1 Å². The average Bonchev–Trinajstić information content (AvgIpc) is 2.54. The van der Waals surface area contributed by atoms with Crippen molar-refractivity contribution >= 4 is 0 Å². The fourth-order valence-corrected chi connectivity index (χ4v) is 3.16. The maximum atomic E-state index is 9.88. The van der Waals surface area contributed by atoms with Crippen molar-refractivity contribution in [2.45, 2.75) is 117 Å². The van der Waals surface area contributed by atoms with Gasteiger partial charge in [0.15, 0.2) is 0 Å². The van der Waals surface area contributed by atoms with Gasteiger partial charge in [0.05, 0.1) is 7.05 Å². The van der Waals surface area contributed by atoms with Gasteiger partial charge >= 0.3 is 0 Å². The Morgan fingerprint density at radius 2 is 0.826 bits per heavy atom. The zero-order valence-corrected chi connectivity index (χ0v) is 16.6. The molecule has 1 N–H and O–H groups in total. The van der Waals surface area contributed by atoms with Crippen LogP contribution in [-0.2, 0) is 0 Å². The third-order valence-electron chi connectivity index (χ3n) is 5.17. The van der Waals surface area contributed by atoms with Crippen molar-refractivity contribution < 1.29 is 9.85 Å². The summed E-state index contributed by atoms with van der Waals surface area (Å²) >= 11 is 0. The Bertz CT molecular complexity index is 228. The Hall–Kier alpha value is -0.0800.